The molecule has 0 aromatic rings. The Hall–Kier alpha value is -1.97. The molecule has 4 fully saturated rings. The van der Waals surface area contributed by atoms with E-state index in [1.165, 1.54) is 0 Å². The van der Waals surface area contributed by atoms with Gasteiger partial charge in [0.05, 0.1) is 6.61 Å². The lowest BCUT2D eigenvalue weighted by molar-refractivity contribution is -0.149. The van der Waals surface area contributed by atoms with Gasteiger partial charge in [0.15, 0.2) is 11.6 Å². The zero-order chi connectivity index (χ0) is 24.6. The fourth-order valence-corrected chi connectivity index (χ4v) is 7.61. The molecule has 4 aliphatic rings. The highest BCUT2D eigenvalue weighted by Crippen LogP contribution is 2.67. The maximum atomic E-state index is 13.6. The summed E-state index contributed by atoms with van der Waals surface area (Å²) < 4.78 is 5.57. The van der Waals surface area contributed by atoms with Gasteiger partial charge >= 0.3 is 5.97 Å². The Morgan fingerprint density at radius 1 is 0.939 bits per heavy atom. The van der Waals surface area contributed by atoms with Gasteiger partial charge in [0.1, 0.15) is 5.41 Å². The Kier molecular flexibility index (Phi) is 5.32. The van der Waals surface area contributed by atoms with Gasteiger partial charge in [-0.15, -0.1) is 6.58 Å². The first-order chi connectivity index (χ1) is 15.2. The van der Waals surface area contributed by atoms with Crippen molar-refractivity contribution in [2.75, 3.05) is 6.61 Å². The van der Waals surface area contributed by atoms with E-state index >= 15 is 0 Å². The normalized spacial score (nSPS) is 40.0. The highest BCUT2D eigenvalue weighted by Gasteiger charge is 2.66. The third-order valence-electron chi connectivity index (χ3n) is 10.7. The maximum Gasteiger partial charge on any atom is 0.320 e. The molecule has 0 heterocycles. The van der Waals surface area contributed by atoms with Crippen LogP contribution in [0.5, 0.6) is 0 Å². The smallest absolute Gasteiger partial charge is 0.320 e. The molecule has 33 heavy (non-hydrogen) atoms. The quantitative estimate of drug-likeness (QED) is 0.281. The van der Waals surface area contributed by atoms with Crippen LogP contribution in [0.2, 0.25) is 0 Å². The van der Waals surface area contributed by atoms with Gasteiger partial charge in [-0.3, -0.25) is 14.4 Å². The van der Waals surface area contributed by atoms with Gasteiger partial charge in [-0.25, -0.2) is 0 Å². The molecule has 0 spiro atoms. The van der Waals surface area contributed by atoms with Crippen molar-refractivity contribution >= 4 is 17.5 Å². The number of hydrogen-bond acceptors (Lipinski definition) is 4. The van der Waals surface area contributed by atoms with Crippen molar-refractivity contribution in [1.29, 1.82) is 0 Å². The number of carbonyl (C=O) groups excluding carboxylic acids is 3. The molecule has 4 aliphatic carbocycles. The lowest BCUT2D eigenvalue weighted by atomic mass is 9.70. The lowest BCUT2D eigenvalue weighted by Crippen LogP contribution is -2.34. The lowest BCUT2D eigenvalue weighted by Gasteiger charge is -2.31. The summed E-state index contributed by atoms with van der Waals surface area (Å²) in [5.74, 6) is 0.105. The largest absolute Gasteiger partial charge is 0.465 e. The number of ether oxygens (including phenoxy) is 1. The second-order valence-corrected chi connectivity index (χ2v) is 12.4. The topological polar surface area (TPSA) is 60.4 Å². The van der Waals surface area contributed by atoms with Gasteiger partial charge in [-0.2, -0.15) is 0 Å². The first-order valence-electron chi connectivity index (χ1n) is 12.6. The zero-order valence-corrected chi connectivity index (χ0v) is 21.5. The number of allylic oxidation sites excluding steroid dienone is 3. The van der Waals surface area contributed by atoms with Gasteiger partial charge in [0.2, 0.25) is 0 Å². The standard InChI is InChI=1S/C29H40O4/c1-9-13-29(24(32)33-10-2,16-18-20-11-14-27(7,22(18)30)25(20,3)4)17-19-21-12-15-28(8,23(19)31)26(21,5)6/h9,16-17,20-21H,1,10-15H2,2-8H3/b18-16-,19-17-/t20-,21+,27-,28+,29?. The minimum Gasteiger partial charge on any atom is -0.465 e. The van der Waals surface area contributed by atoms with E-state index in [4.69, 9.17) is 4.74 Å². The number of ketones is 2. The Labute approximate surface area is 198 Å². The highest BCUT2D eigenvalue weighted by atomic mass is 16.5. The zero-order valence-electron chi connectivity index (χ0n) is 21.5. The predicted molar refractivity (Wildman–Crippen MR) is 129 cm³/mol. The maximum absolute atomic E-state index is 13.6. The fraction of sp³-hybridized carbons (Fsp3) is 0.690. The molecule has 1 unspecified atom stereocenters. The summed E-state index contributed by atoms with van der Waals surface area (Å²) in [4.78, 5) is 40.8. The third kappa shape index (κ3) is 2.85. The summed E-state index contributed by atoms with van der Waals surface area (Å²) in [6, 6.07) is 0. The fourth-order valence-electron chi connectivity index (χ4n) is 7.61. The molecule has 0 aromatic heterocycles. The van der Waals surface area contributed by atoms with Crippen molar-refractivity contribution in [3.05, 3.63) is 36.0 Å². The van der Waals surface area contributed by atoms with Gasteiger partial charge < -0.3 is 4.74 Å². The number of carbonyl (C=O) groups is 3. The molecule has 4 bridgehead atoms. The van der Waals surface area contributed by atoms with Gasteiger partial charge in [0, 0.05) is 10.8 Å². The van der Waals surface area contributed by atoms with Crippen LogP contribution >= 0.6 is 0 Å². The monoisotopic (exact) mass is 452 g/mol. The Bertz CT molecular complexity index is 929. The number of Topliss-reactive ketones (excluding diaryl/α,β-unsaturated/α-hetero) is 2. The van der Waals surface area contributed by atoms with Crippen LogP contribution in [-0.4, -0.2) is 24.1 Å². The minimum absolute atomic E-state index is 0.108. The van der Waals surface area contributed by atoms with Crippen molar-refractivity contribution in [3.63, 3.8) is 0 Å². The van der Waals surface area contributed by atoms with E-state index in [2.05, 4.69) is 48.1 Å². The molecule has 0 radical (unpaired) electrons. The molecule has 0 amide bonds. The van der Waals surface area contributed by atoms with Crippen molar-refractivity contribution in [2.24, 2.45) is 38.9 Å². The second kappa shape index (κ2) is 7.26. The molecular formula is C29H40O4. The molecule has 0 aromatic carbocycles. The molecule has 4 saturated carbocycles. The first-order valence-corrected chi connectivity index (χ1v) is 12.6. The predicted octanol–water partition coefficient (Wildman–Crippen LogP) is 6.02. The molecule has 0 aliphatic heterocycles. The summed E-state index contributed by atoms with van der Waals surface area (Å²) >= 11 is 0. The SMILES string of the molecule is C=CCC(/C=C1\C(=O)[C@@]2(C)CC[C@H]1C2(C)C)(/C=C1\C(=O)[C@]2(C)CC[C@@H]1C2(C)C)C(=O)OCC. The van der Waals surface area contributed by atoms with Crippen molar-refractivity contribution in [3.8, 4) is 0 Å². The summed E-state index contributed by atoms with van der Waals surface area (Å²) in [7, 11) is 0. The molecule has 4 heteroatoms. The minimum atomic E-state index is -1.19. The van der Waals surface area contributed by atoms with E-state index < -0.39 is 22.2 Å². The Morgan fingerprint density at radius 2 is 1.36 bits per heavy atom. The molecule has 5 atom stereocenters. The van der Waals surface area contributed by atoms with Crippen LogP contribution in [0.15, 0.2) is 36.0 Å². The number of fused-ring (bicyclic) bond motifs is 4. The van der Waals surface area contributed by atoms with Crippen molar-refractivity contribution in [1.82, 2.24) is 0 Å². The van der Waals surface area contributed by atoms with Crippen LogP contribution in [-0.2, 0) is 19.1 Å². The molecular weight excluding hydrogens is 412 g/mol. The van der Waals surface area contributed by atoms with Crippen LogP contribution in [0.4, 0.5) is 0 Å². The summed E-state index contributed by atoms with van der Waals surface area (Å²) in [6.07, 6.45) is 9.38. The van der Waals surface area contributed by atoms with Crippen LogP contribution in [0.3, 0.4) is 0 Å². The second-order valence-electron chi connectivity index (χ2n) is 12.4. The third-order valence-corrected chi connectivity index (χ3v) is 10.7. The van der Waals surface area contributed by atoms with E-state index in [-0.39, 0.29) is 40.8 Å². The molecule has 180 valence electrons. The van der Waals surface area contributed by atoms with E-state index in [1.807, 2.05) is 12.2 Å². The van der Waals surface area contributed by atoms with Crippen molar-refractivity contribution in [2.45, 2.75) is 80.6 Å². The molecule has 0 saturated heterocycles. The number of rotatable bonds is 6. The number of esters is 1. The van der Waals surface area contributed by atoms with E-state index in [0.29, 0.717) is 6.42 Å². The first kappa shape index (κ1) is 24.2. The van der Waals surface area contributed by atoms with Crippen LogP contribution in [0.1, 0.15) is 80.6 Å². The summed E-state index contributed by atoms with van der Waals surface area (Å²) in [5.41, 5.74) is -0.860. The molecule has 4 rings (SSSR count). The van der Waals surface area contributed by atoms with Crippen LogP contribution in [0, 0.1) is 38.9 Å². The van der Waals surface area contributed by atoms with E-state index in [1.54, 1.807) is 13.0 Å². The Balaban J connectivity index is 1.91. The van der Waals surface area contributed by atoms with Crippen LogP contribution in [0.25, 0.3) is 0 Å². The van der Waals surface area contributed by atoms with E-state index in [0.717, 1.165) is 36.8 Å². The van der Waals surface area contributed by atoms with Crippen LogP contribution < -0.4 is 0 Å². The Morgan fingerprint density at radius 3 is 1.67 bits per heavy atom. The van der Waals surface area contributed by atoms with Gasteiger partial charge in [0.25, 0.3) is 0 Å². The number of hydrogen-bond donors (Lipinski definition) is 0. The van der Waals surface area contributed by atoms with Crippen molar-refractivity contribution < 1.29 is 19.1 Å². The molecule has 0 N–H and O–H groups in total. The van der Waals surface area contributed by atoms with Gasteiger partial charge in [-0.1, -0.05) is 59.8 Å². The summed E-state index contributed by atoms with van der Waals surface area (Å²) in [6.45, 7) is 18.8. The van der Waals surface area contributed by atoms with E-state index in [9.17, 15) is 14.4 Å². The average Bonchev–Trinajstić information content (AvgIpc) is 3.21. The van der Waals surface area contributed by atoms with Gasteiger partial charge in [-0.05, 0) is 72.8 Å². The highest BCUT2D eigenvalue weighted by molar-refractivity contribution is 6.07. The average molecular weight is 453 g/mol. The summed E-state index contributed by atoms with van der Waals surface area (Å²) in [5, 5.41) is 0. The molecule has 4 nitrogen and oxygen atoms in total.